The first-order chi connectivity index (χ1) is 70.2. The smallest absolute Gasteiger partial charge is 0.226 e. The lowest BCUT2D eigenvalue weighted by molar-refractivity contribution is -0.122. The van der Waals surface area contributed by atoms with Gasteiger partial charge in [-0.05, 0) is 179 Å². The predicted octanol–water partition coefficient (Wildman–Crippen LogP) is 24.6. The molecule has 1 saturated carbocycles. The van der Waals surface area contributed by atoms with Gasteiger partial charge >= 0.3 is 0 Å². The number of ether oxygens (including phenoxy) is 1. The molecule has 22 nitrogen and oxygen atoms in total. The Labute approximate surface area is 837 Å². The summed E-state index contributed by atoms with van der Waals surface area (Å²) >= 11 is 0. The number of halogens is 3. The molecule has 0 saturated heterocycles. The van der Waals surface area contributed by atoms with Crippen molar-refractivity contribution in [3.63, 3.8) is 0 Å². The number of hydrogen-bond acceptors (Lipinski definition) is 17. The third kappa shape index (κ3) is 16.5. The van der Waals surface area contributed by atoms with E-state index in [1.54, 1.807) is 108 Å². The summed E-state index contributed by atoms with van der Waals surface area (Å²) in [5.41, 5.74) is 16.4. The zero-order chi connectivity index (χ0) is 101. The molecule has 0 aliphatic heterocycles. The van der Waals surface area contributed by atoms with Crippen LogP contribution in [-0.4, -0.2) is 93.7 Å². The molecule has 0 N–H and O–H groups in total. The van der Waals surface area contributed by atoms with Gasteiger partial charge in [0.25, 0.3) is 0 Å². The molecule has 9 aliphatic rings. The second-order valence-corrected chi connectivity index (χ2v) is 39.9. The van der Waals surface area contributed by atoms with Crippen molar-refractivity contribution in [3.05, 3.63) is 393 Å². The molecule has 15 aromatic rings. The van der Waals surface area contributed by atoms with E-state index >= 15 is 13.2 Å². The van der Waals surface area contributed by atoms with Crippen LogP contribution in [-0.2, 0) is 66.5 Å². The van der Waals surface area contributed by atoms with Crippen molar-refractivity contribution in [2.45, 2.75) is 154 Å². The molecule has 9 aromatic heterocycles. The largest absolute Gasteiger partial charge is 0.474 e. The first-order valence-corrected chi connectivity index (χ1v) is 49.2. The zero-order valence-corrected chi connectivity index (χ0v) is 81.1. The molecule has 0 spiro atoms. The van der Waals surface area contributed by atoms with Crippen LogP contribution in [0.25, 0.3) is 138 Å². The first kappa shape index (κ1) is 94.5. The molecule has 0 amide bonds. The van der Waals surface area contributed by atoms with Gasteiger partial charge in [-0.2, -0.15) is 10.1 Å². The molecule has 9 heterocycles. The van der Waals surface area contributed by atoms with E-state index in [0.29, 0.717) is 82.2 Å². The molecule has 0 bridgehead atoms. The Kier molecular flexibility index (Phi) is 24.7. The summed E-state index contributed by atoms with van der Waals surface area (Å²) < 4.78 is 53.6. The number of aromatic nitrogens is 13. The Morgan fingerprint density at radius 2 is 0.766 bits per heavy atom. The van der Waals surface area contributed by atoms with E-state index in [0.717, 1.165) is 151 Å². The third-order valence-corrected chi connectivity index (χ3v) is 31.7. The number of pyridine rings is 4. The summed E-state index contributed by atoms with van der Waals surface area (Å²) in [6.07, 6.45) is 26.9. The van der Waals surface area contributed by atoms with Crippen molar-refractivity contribution in [2.75, 3.05) is 0 Å². The molecule has 0 radical (unpaired) electrons. The van der Waals surface area contributed by atoms with Crippen molar-refractivity contribution in [2.24, 2.45) is 47.3 Å². The maximum atomic E-state index is 15.2. The van der Waals surface area contributed by atoms with Gasteiger partial charge in [-0.1, -0.05) is 201 Å². The van der Waals surface area contributed by atoms with Crippen LogP contribution in [0.15, 0.2) is 284 Å². The second kappa shape index (κ2) is 37.9. The van der Waals surface area contributed by atoms with Crippen molar-refractivity contribution < 1.29 is 37.1 Å². The standard InChI is InChI=1S/2C32H25FN4O.C28H22FN5O.C28H26N4O2/c1-19-25-14-13-23-28(22-11-7-8-12-26(22)33)36-31(37-30(23)32(25,2)17-27(34-3)29(19)38)21-15-16-35-18-24(21)20-9-5-4-6-10-20;1-19-24-14-13-23-28(22-11-7-8-12-25(22)33)36-31(37-30(23)32(24,2)18-27(34-3)29(19)38)21-15-16-35-26(17-21)20-9-5-4-6-10-20;1-16-20-12-11-18-24(17-8-4-5-9-21(17)29)32-27(19-15-31-34-13-7-6-10-23(19)34)33-26(18)28(20,2)14-22(30-3)25(16)35;1-16-21-12-11-20-25(28(21,2)15-23(29-3)24(16)33)31-26(32-27(20)34-17-7-6-8-17)19-13-14-30-22-10-5-4-9-18(19)22/h4-12,15-19,25H,13-14H2,1-2H3;4-12,15-19,24H,13-14H2,1-2H3;4-10,13-16,20H,11-12H2,1-2H3;4-5,9-10,13-17,21H,6-8,11-12H2,1-2H3/t19-,25-,32-;19-,24-,32-;16-,20-,28-;16-,21-,28-/m1111/s1. The first-order valence-electron chi connectivity index (χ1n) is 49.2. The minimum absolute atomic E-state index is 0.00636. The number of hydrogen-bond donors (Lipinski definition) is 0. The van der Waals surface area contributed by atoms with Gasteiger partial charge in [0.15, 0.2) is 46.4 Å². The molecule has 24 rings (SSSR count). The van der Waals surface area contributed by atoms with Crippen molar-refractivity contribution in [1.82, 2.24) is 64.4 Å². The van der Waals surface area contributed by atoms with Crippen LogP contribution >= 0.6 is 0 Å². The summed E-state index contributed by atoms with van der Waals surface area (Å²) in [6, 6.07) is 61.1. The molecule has 9 aliphatic carbocycles. The second-order valence-electron chi connectivity index (χ2n) is 39.9. The van der Waals surface area contributed by atoms with E-state index in [4.69, 9.17) is 70.9 Å². The Morgan fingerprint density at radius 1 is 0.366 bits per heavy atom. The lowest BCUT2D eigenvalue weighted by atomic mass is 9.58. The van der Waals surface area contributed by atoms with E-state index in [1.807, 2.05) is 181 Å². The highest BCUT2D eigenvalue weighted by atomic mass is 19.1. The number of nitrogens with zero attached hydrogens (tertiary/aromatic N) is 17. The Balaban J connectivity index is 0.000000114. The fourth-order valence-electron chi connectivity index (χ4n) is 24.0. The monoisotopic (exact) mass is 1910 g/mol. The van der Waals surface area contributed by atoms with Crippen LogP contribution in [0.2, 0.25) is 0 Å². The Hall–Kier alpha value is -16.8. The minimum atomic E-state index is -0.668. The number of allylic oxidation sites excluding steroid dienone is 8. The van der Waals surface area contributed by atoms with Crippen molar-refractivity contribution in [1.29, 1.82) is 0 Å². The molecule has 0 unspecified atom stereocenters. The van der Waals surface area contributed by atoms with Gasteiger partial charge in [-0.25, -0.2) is 72.0 Å². The van der Waals surface area contributed by atoms with E-state index in [9.17, 15) is 19.2 Å². The van der Waals surface area contributed by atoms with Gasteiger partial charge in [-0.3, -0.25) is 15.0 Å². The normalized spacial score (nSPS) is 23.4. The van der Waals surface area contributed by atoms with E-state index < -0.39 is 21.7 Å². The molecule has 6 aromatic carbocycles. The fourth-order valence-corrected chi connectivity index (χ4v) is 24.0. The van der Waals surface area contributed by atoms with Gasteiger partial charge in [0.2, 0.25) is 28.7 Å². The Morgan fingerprint density at radius 3 is 1.23 bits per heavy atom. The summed E-state index contributed by atoms with van der Waals surface area (Å²) in [6.45, 7) is 46.4. The van der Waals surface area contributed by atoms with Crippen LogP contribution in [0, 0.1) is 91.1 Å². The van der Waals surface area contributed by atoms with Crippen LogP contribution in [0.5, 0.6) is 5.88 Å². The van der Waals surface area contributed by atoms with Crippen molar-refractivity contribution in [3.8, 4) is 108 Å². The summed E-state index contributed by atoms with van der Waals surface area (Å²) in [5, 5.41) is 5.43. The number of benzene rings is 6. The van der Waals surface area contributed by atoms with Crippen LogP contribution < -0.4 is 4.74 Å². The fraction of sp³-hybridized carbons (Fsp3) is 0.267. The lowest BCUT2D eigenvalue weighted by Crippen LogP contribution is -2.46. The van der Waals surface area contributed by atoms with E-state index in [1.165, 1.54) is 24.6 Å². The van der Waals surface area contributed by atoms with E-state index in [2.05, 4.69) is 53.3 Å². The molecular weight excluding hydrogens is 1820 g/mol. The number of carbonyl (C=O) groups is 4. The molecular formula is C120H98F3N17O5. The highest BCUT2D eigenvalue weighted by molar-refractivity contribution is 6.03. The average Bonchev–Trinajstić information content (AvgIpc) is 1.32. The minimum Gasteiger partial charge on any atom is -0.474 e. The summed E-state index contributed by atoms with van der Waals surface area (Å²) in [7, 11) is 0. The topological polar surface area (TPSA) is 254 Å². The average molecular weight is 1920 g/mol. The number of ketones is 4. The van der Waals surface area contributed by atoms with Gasteiger partial charge < -0.3 is 23.9 Å². The SMILES string of the molecule is [C-]#[N+]C1=C[C@@]2(C)c3nc(-c4ccnc(-c5ccccc5)c4)nc(-c4ccccc4F)c3CC[C@@H]2[C@@H](C)C1=O.[C-]#[N+]C1=C[C@@]2(C)c3nc(-c4ccnc5ccccc45)nc(OC4CCC4)c3CC[C@@H]2[C@@H](C)C1=O.[C-]#[N+]C1=C[C@@]2(C)c3nc(-c4ccncc4-c4ccccc4)nc(-c4ccccc4F)c3CC[C@@H]2[C@@H](C)C1=O.[C-]#[N+]C1=C[C@@]2(C)c3nc(-c4cnn5ccccc45)nc(-c4ccccc4F)c3CC[C@@H]2[C@@H](C)C1=O. The lowest BCUT2D eigenvalue weighted by Gasteiger charge is -2.46. The molecule has 714 valence electrons. The van der Waals surface area contributed by atoms with E-state index in [-0.39, 0.29) is 117 Å². The van der Waals surface area contributed by atoms with Crippen molar-refractivity contribution >= 4 is 39.6 Å². The highest BCUT2D eigenvalue weighted by Gasteiger charge is 2.55. The zero-order valence-electron chi connectivity index (χ0n) is 81.1. The number of fused-ring (bicyclic) bond motifs is 14. The van der Waals surface area contributed by atoms with Gasteiger partial charge in [-0.15, -0.1) is 0 Å². The maximum Gasteiger partial charge on any atom is 0.226 e. The van der Waals surface area contributed by atoms with Gasteiger partial charge in [0.1, 0.15) is 23.6 Å². The van der Waals surface area contributed by atoms with Gasteiger partial charge in [0, 0.05) is 148 Å². The predicted molar refractivity (Wildman–Crippen MR) is 547 cm³/mol. The van der Waals surface area contributed by atoms with Crippen LogP contribution in [0.1, 0.15) is 145 Å². The number of Topliss-reactive ketones (excluding diaryl/α,β-unsaturated/α-hetero) is 4. The Bertz CT molecular complexity index is 8200. The number of para-hydroxylation sites is 1. The molecule has 145 heavy (non-hydrogen) atoms. The summed E-state index contributed by atoms with van der Waals surface area (Å²) in [5.74, 6) is 0.121. The van der Waals surface area contributed by atoms with Crippen LogP contribution in [0.3, 0.4) is 0 Å². The molecule has 12 atom stereocenters. The molecule has 25 heteroatoms. The summed E-state index contributed by atoms with van der Waals surface area (Å²) in [4.78, 5) is 119. The number of carbonyl (C=O) groups excluding carboxylic acids is 4. The quantitative estimate of drug-likeness (QED) is 0.109. The van der Waals surface area contributed by atoms with Gasteiger partial charge in [0.05, 0.1) is 94.6 Å². The number of rotatable bonds is 11. The maximum absolute atomic E-state index is 15.2. The van der Waals surface area contributed by atoms with Crippen LogP contribution in [0.4, 0.5) is 13.2 Å². The third-order valence-electron chi connectivity index (χ3n) is 31.7. The highest BCUT2D eigenvalue weighted by Crippen LogP contribution is 2.58. The molecule has 1 fully saturated rings.